The highest BCUT2D eigenvalue weighted by Crippen LogP contribution is 2.15. The normalized spacial score (nSPS) is 27.2. The van der Waals surface area contributed by atoms with Gasteiger partial charge in [-0.3, -0.25) is 0 Å². The molecule has 1 aliphatic rings. The minimum atomic E-state index is 0.470. The van der Waals surface area contributed by atoms with Gasteiger partial charge in [-0.05, 0) is 11.1 Å². The van der Waals surface area contributed by atoms with Gasteiger partial charge in [0.25, 0.3) is 0 Å². The number of rotatable bonds is 1. The van der Waals surface area contributed by atoms with E-state index in [2.05, 4.69) is 18.4 Å². The van der Waals surface area contributed by atoms with Gasteiger partial charge in [-0.1, -0.05) is 12.2 Å². The average molecular weight is 129 g/mol. The smallest absolute Gasteiger partial charge is 0.0230 e. The molecule has 0 aromatic rings. The summed E-state index contributed by atoms with van der Waals surface area (Å²) in [5, 5.41) is 0. The van der Waals surface area contributed by atoms with Crippen molar-refractivity contribution in [2.45, 2.75) is 0 Å². The molecule has 8 heavy (non-hydrogen) atoms. The van der Waals surface area contributed by atoms with Crippen molar-refractivity contribution in [3.05, 3.63) is 12.2 Å². The van der Waals surface area contributed by atoms with Crippen LogP contribution in [-0.4, -0.2) is 23.4 Å². The zero-order chi connectivity index (χ0) is 5.98. The molecular weight excluding hydrogens is 118 g/mol. The van der Waals surface area contributed by atoms with Crippen molar-refractivity contribution >= 4 is 15.3 Å². The first-order valence-corrected chi connectivity index (χ1v) is 4.50. The van der Waals surface area contributed by atoms with Crippen LogP contribution in [0.4, 0.5) is 0 Å². The predicted molar refractivity (Wildman–Crippen MR) is 41.6 cm³/mol. The Kier molecular flexibility index (Phi) is 1.86. The van der Waals surface area contributed by atoms with Crippen LogP contribution in [-0.2, 0) is 0 Å². The average Bonchev–Trinajstić information content (AvgIpc) is 2.14. The first kappa shape index (κ1) is 6.05. The Balaban J connectivity index is 2.70. The lowest BCUT2D eigenvalue weighted by atomic mass is 10.4. The molecule has 0 aliphatic carbocycles. The van der Waals surface area contributed by atoms with Gasteiger partial charge < -0.3 is 5.73 Å². The SMILES string of the molecule is CS1=C(CN)C=CC1. The molecule has 0 fully saturated rings. The van der Waals surface area contributed by atoms with Crippen LogP contribution in [0.25, 0.3) is 0 Å². The molecule has 0 saturated heterocycles. The summed E-state index contributed by atoms with van der Waals surface area (Å²) >= 11 is 0. The highest BCUT2D eigenvalue weighted by molar-refractivity contribution is 8.16. The second-order valence-electron chi connectivity index (χ2n) is 1.88. The Labute approximate surface area is 52.5 Å². The van der Waals surface area contributed by atoms with Crippen LogP contribution in [0, 0.1) is 0 Å². The van der Waals surface area contributed by atoms with E-state index in [4.69, 9.17) is 5.73 Å². The van der Waals surface area contributed by atoms with Crippen LogP contribution < -0.4 is 5.73 Å². The van der Waals surface area contributed by atoms with Crippen LogP contribution in [0.2, 0.25) is 0 Å². The molecule has 1 rings (SSSR count). The summed E-state index contributed by atoms with van der Waals surface area (Å²) < 4.78 is 0. The molecule has 1 atom stereocenters. The van der Waals surface area contributed by atoms with Crippen molar-refractivity contribution in [1.82, 2.24) is 0 Å². The van der Waals surface area contributed by atoms with Gasteiger partial charge in [-0.25, -0.2) is 0 Å². The second kappa shape index (κ2) is 2.46. The lowest BCUT2D eigenvalue weighted by Crippen LogP contribution is -2.09. The van der Waals surface area contributed by atoms with Gasteiger partial charge in [0.05, 0.1) is 0 Å². The maximum Gasteiger partial charge on any atom is 0.0230 e. The molecule has 1 aliphatic heterocycles. The summed E-state index contributed by atoms with van der Waals surface area (Å²) in [5.74, 6) is 1.21. The monoisotopic (exact) mass is 129 g/mol. The maximum absolute atomic E-state index is 5.44. The van der Waals surface area contributed by atoms with E-state index in [9.17, 15) is 0 Å². The van der Waals surface area contributed by atoms with E-state index < -0.39 is 0 Å². The van der Waals surface area contributed by atoms with Crippen molar-refractivity contribution in [3.63, 3.8) is 0 Å². The molecule has 0 saturated carbocycles. The molecule has 1 unspecified atom stereocenters. The van der Waals surface area contributed by atoms with Crippen molar-refractivity contribution < 1.29 is 0 Å². The highest BCUT2D eigenvalue weighted by atomic mass is 32.2. The van der Waals surface area contributed by atoms with Gasteiger partial charge in [0.15, 0.2) is 0 Å². The third kappa shape index (κ3) is 1.01. The third-order valence-electron chi connectivity index (χ3n) is 1.30. The second-order valence-corrected chi connectivity index (χ2v) is 4.01. The molecule has 0 bridgehead atoms. The number of hydrogen-bond donors (Lipinski definition) is 1. The van der Waals surface area contributed by atoms with Crippen molar-refractivity contribution in [3.8, 4) is 0 Å². The minimum absolute atomic E-state index is 0.470. The molecule has 0 spiro atoms. The highest BCUT2D eigenvalue weighted by Gasteiger charge is 1.98. The van der Waals surface area contributed by atoms with Crippen LogP contribution in [0.3, 0.4) is 0 Å². The topological polar surface area (TPSA) is 26.0 Å². The van der Waals surface area contributed by atoms with Gasteiger partial charge in [0.2, 0.25) is 0 Å². The fourth-order valence-corrected chi connectivity index (χ4v) is 1.97. The standard InChI is InChI=1S/C6H11NS/c1-8-4-2-3-6(8)5-7/h2-3H,4-5,7H2,1H3. The van der Waals surface area contributed by atoms with E-state index >= 15 is 0 Å². The Morgan fingerprint density at radius 3 is 2.88 bits per heavy atom. The lowest BCUT2D eigenvalue weighted by Gasteiger charge is -1.95. The maximum atomic E-state index is 5.44. The minimum Gasteiger partial charge on any atom is -0.326 e. The molecule has 1 heterocycles. The first-order chi connectivity index (χ1) is 3.84. The summed E-state index contributed by atoms with van der Waals surface area (Å²) in [6.45, 7) is 0.746. The van der Waals surface area contributed by atoms with Gasteiger partial charge in [0.1, 0.15) is 0 Å². The number of hydrogen-bond acceptors (Lipinski definition) is 1. The van der Waals surface area contributed by atoms with Crippen LogP contribution in [0.5, 0.6) is 0 Å². The third-order valence-corrected chi connectivity index (χ3v) is 3.19. The van der Waals surface area contributed by atoms with Crippen LogP contribution in [0.15, 0.2) is 12.2 Å². The van der Waals surface area contributed by atoms with Crippen molar-refractivity contribution in [1.29, 1.82) is 0 Å². The zero-order valence-electron chi connectivity index (χ0n) is 5.05. The van der Waals surface area contributed by atoms with Crippen LogP contribution in [0.1, 0.15) is 0 Å². The van der Waals surface area contributed by atoms with Gasteiger partial charge >= 0.3 is 0 Å². The van der Waals surface area contributed by atoms with Gasteiger partial charge in [0, 0.05) is 12.3 Å². The van der Waals surface area contributed by atoms with Crippen molar-refractivity contribution in [2.75, 3.05) is 18.6 Å². The van der Waals surface area contributed by atoms with Crippen molar-refractivity contribution in [2.24, 2.45) is 5.73 Å². The summed E-state index contributed by atoms with van der Waals surface area (Å²) in [6, 6.07) is 0. The lowest BCUT2D eigenvalue weighted by molar-refractivity contribution is 1.34. The van der Waals surface area contributed by atoms with E-state index in [0.717, 1.165) is 6.54 Å². The quantitative estimate of drug-likeness (QED) is 0.515. The molecule has 2 heteroatoms. The Bertz CT molecular complexity index is 147. The van der Waals surface area contributed by atoms with Crippen LogP contribution >= 0.6 is 10.5 Å². The zero-order valence-corrected chi connectivity index (χ0v) is 5.87. The molecule has 46 valence electrons. The fraction of sp³-hybridized carbons (Fsp3) is 0.500. The molecule has 0 radical (unpaired) electrons. The number of nitrogens with two attached hydrogens (primary N) is 1. The Morgan fingerprint density at radius 1 is 1.88 bits per heavy atom. The molecule has 0 aromatic carbocycles. The molecule has 2 N–H and O–H groups in total. The first-order valence-electron chi connectivity index (χ1n) is 2.69. The summed E-state index contributed by atoms with van der Waals surface area (Å²) in [6.07, 6.45) is 6.59. The predicted octanol–water partition coefficient (Wildman–Crippen LogP) is 0.586. The van der Waals surface area contributed by atoms with E-state index in [-0.39, 0.29) is 0 Å². The molecule has 1 nitrogen and oxygen atoms in total. The van der Waals surface area contributed by atoms with E-state index in [1.54, 1.807) is 0 Å². The fourth-order valence-electron chi connectivity index (χ4n) is 0.757. The summed E-state index contributed by atoms with van der Waals surface area (Å²) in [5.41, 5.74) is 5.44. The Hall–Kier alpha value is -0.0800. The van der Waals surface area contributed by atoms with Gasteiger partial charge in [-0.15, -0.1) is 0 Å². The molecule has 0 aromatic heterocycles. The van der Waals surface area contributed by atoms with E-state index in [0.29, 0.717) is 10.5 Å². The summed E-state index contributed by atoms with van der Waals surface area (Å²) in [7, 11) is 0.470. The molecule has 0 amide bonds. The largest absolute Gasteiger partial charge is 0.326 e. The van der Waals surface area contributed by atoms with E-state index in [1.165, 1.54) is 10.6 Å². The Morgan fingerprint density at radius 2 is 2.62 bits per heavy atom. The molecular formula is C6H11NS. The van der Waals surface area contributed by atoms with Gasteiger partial charge in [-0.2, -0.15) is 10.5 Å². The summed E-state index contributed by atoms with van der Waals surface area (Å²) in [4.78, 5) is 1.42. The van der Waals surface area contributed by atoms with E-state index in [1.807, 2.05) is 0 Å².